The summed E-state index contributed by atoms with van der Waals surface area (Å²) in [6.07, 6.45) is 0.876. The minimum absolute atomic E-state index is 0.0529. The van der Waals surface area contributed by atoms with Crippen LogP contribution in [0, 0.1) is 6.92 Å². The molecule has 2 rings (SSSR count). The van der Waals surface area contributed by atoms with E-state index in [0.29, 0.717) is 0 Å². The van der Waals surface area contributed by atoms with E-state index in [0.717, 1.165) is 10.9 Å². The van der Waals surface area contributed by atoms with Crippen LogP contribution < -0.4 is 0 Å². The van der Waals surface area contributed by atoms with Gasteiger partial charge in [-0.1, -0.05) is 29.8 Å². The minimum atomic E-state index is 0.0529. The van der Waals surface area contributed by atoms with Crippen molar-refractivity contribution in [3.8, 4) is 0 Å². The van der Waals surface area contributed by atoms with Gasteiger partial charge in [0.25, 0.3) is 0 Å². The summed E-state index contributed by atoms with van der Waals surface area (Å²) in [6, 6.07) is 10.6. The Hall–Kier alpha value is -0.310. The summed E-state index contributed by atoms with van der Waals surface area (Å²) in [5, 5.41) is 2.11. The van der Waals surface area contributed by atoms with E-state index in [4.69, 9.17) is 11.6 Å². The van der Waals surface area contributed by atoms with Gasteiger partial charge in [0, 0.05) is 9.35 Å². The molecule has 1 heterocycles. The molecular formula is C13H12BrClS. The van der Waals surface area contributed by atoms with Gasteiger partial charge in [0.05, 0.1) is 5.38 Å². The van der Waals surface area contributed by atoms with Crippen molar-refractivity contribution < 1.29 is 0 Å². The topological polar surface area (TPSA) is 0 Å². The molecule has 1 aromatic carbocycles. The Kier molecular flexibility index (Phi) is 4.06. The zero-order valence-corrected chi connectivity index (χ0v) is 12.1. The van der Waals surface area contributed by atoms with E-state index in [9.17, 15) is 0 Å². The summed E-state index contributed by atoms with van der Waals surface area (Å²) in [7, 11) is 0. The Morgan fingerprint density at radius 3 is 2.50 bits per heavy atom. The lowest BCUT2D eigenvalue weighted by molar-refractivity contribution is 0.935. The van der Waals surface area contributed by atoms with Crippen LogP contribution >= 0.6 is 38.9 Å². The zero-order chi connectivity index (χ0) is 11.5. The average molecular weight is 316 g/mol. The minimum Gasteiger partial charge on any atom is -0.146 e. The summed E-state index contributed by atoms with van der Waals surface area (Å²) in [5.41, 5.74) is 2.57. The van der Waals surface area contributed by atoms with E-state index < -0.39 is 0 Å². The van der Waals surface area contributed by atoms with Crippen LogP contribution in [0.2, 0.25) is 0 Å². The number of hydrogen-bond acceptors (Lipinski definition) is 1. The third kappa shape index (κ3) is 2.88. The lowest BCUT2D eigenvalue weighted by Gasteiger charge is -2.08. The molecule has 3 heteroatoms. The molecule has 0 spiro atoms. The molecule has 84 valence electrons. The Labute approximate surface area is 113 Å². The number of thiophene rings is 1. The van der Waals surface area contributed by atoms with Crippen LogP contribution in [0.1, 0.15) is 21.4 Å². The second-order valence-electron chi connectivity index (χ2n) is 3.79. The fraction of sp³-hybridized carbons (Fsp3) is 0.231. The number of halogens is 2. The van der Waals surface area contributed by atoms with Crippen molar-refractivity contribution in [3.05, 3.63) is 56.2 Å². The molecule has 1 atom stereocenters. The van der Waals surface area contributed by atoms with Crippen molar-refractivity contribution in [2.45, 2.75) is 18.7 Å². The monoisotopic (exact) mass is 314 g/mol. The predicted molar refractivity (Wildman–Crippen MR) is 75.5 cm³/mol. The molecule has 0 aliphatic rings. The summed E-state index contributed by atoms with van der Waals surface area (Å²) >= 11 is 11.6. The molecule has 0 aliphatic carbocycles. The van der Waals surface area contributed by atoms with E-state index in [1.807, 2.05) is 6.07 Å². The highest BCUT2D eigenvalue weighted by molar-refractivity contribution is 9.10. The van der Waals surface area contributed by atoms with E-state index in [1.165, 1.54) is 16.0 Å². The van der Waals surface area contributed by atoms with Crippen LogP contribution in [-0.2, 0) is 6.42 Å². The van der Waals surface area contributed by atoms with Gasteiger partial charge < -0.3 is 0 Å². The fourth-order valence-corrected chi connectivity index (χ4v) is 3.76. The van der Waals surface area contributed by atoms with Crippen molar-refractivity contribution in [2.24, 2.45) is 0 Å². The van der Waals surface area contributed by atoms with Gasteiger partial charge in [-0.3, -0.25) is 0 Å². The molecule has 0 radical (unpaired) electrons. The molecule has 0 N–H and O–H groups in total. The second-order valence-corrected chi connectivity index (χ2v) is 6.12. The van der Waals surface area contributed by atoms with E-state index >= 15 is 0 Å². The van der Waals surface area contributed by atoms with Gasteiger partial charge in [0.1, 0.15) is 0 Å². The first-order valence-electron chi connectivity index (χ1n) is 5.09. The molecule has 0 saturated heterocycles. The van der Waals surface area contributed by atoms with Crippen molar-refractivity contribution in [1.29, 1.82) is 0 Å². The Morgan fingerprint density at radius 1 is 1.25 bits per heavy atom. The number of alkyl halides is 1. The molecule has 16 heavy (non-hydrogen) atoms. The first-order chi connectivity index (χ1) is 7.66. The maximum absolute atomic E-state index is 6.41. The molecule has 2 aromatic rings. The molecule has 1 unspecified atom stereocenters. The van der Waals surface area contributed by atoms with Crippen molar-refractivity contribution >= 4 is 38.9 Å². The summed E-state index contributed by atoms with van der Waals surface area (Å²) in [5.74, 6) is 0. The lowest BCUT2D eigenvalue weighted by atomic mass is 10.1. The summed E-state index contributed by atoms with van der Waals surface area (Å²) in [6.45, 7) is 2.10. The number of benzene rings is 1. The molecule has 0 aliphatic heterocycles. The first kappa shape index (κ1) is 12.2. The number of hydrogen-bond donors (Lipinski definition) is 0. The molecule has 0 fully saturated rings. The lowest BCUT2D eigenvalue weighted by Crippen LogP contribution is -1.94. The van der Waals surface area contributed by atoms with Gasteiger partial charge in [-0.2, -0.15) is 0 Å². The molecule has 0 saturated carbocycles. The zero-order valence-electron chi connectivity index (χ0n) is 8.91. The van der Waals surface area contributed by atoms with Gasteiger partial charge in [0.2, 0.25) is 0 Å². The largest absolute Gasteiger partial charge is 0.146 e. The number of aryl methyl sites for hydroxylation is 1. The van der Waals surface area contributed by atoms with Gasteiger partial charge >= 0.3 is 0 Å². The van der Waals surface area contributed by atoms with Gasteiger partial charge in [-0.05, 0) is 46.3 Å². The quantitative estimate of drug-likeness (QED) is 0.670. The SMILES string of the molecule is Cc1ccc(CC(Cl)c2sccc2Br)cc1. The van der Waals surface area contributed by atoms with Crippen LogP contribution in [0.5, 0.6) is 0 Å². The molecule has 0 amide bonds. The maximum Gasteiger partial charge on any atom is 0.0730 e. The van der Waals surface area contributed by atoms with Crippen LogP contribution in [0.3, 0.4) is 0 Å². The van der Waals surface area contributed by atoms with Gasteiger partial charge in [0.15, 0.2) is 0 Å². The normalized spacial score (nSPS) is 12.7. The molecule has 1 aromatic heterocycles. The van der Waals surface area contributed by atoms with Crippen molar-refractivity contribution in [1.82, 2.24) is 0 Å². The smallest absolute Gasteiger partial charge is 0.0730 e. The van der Waals surface area contributed by atoms with Crippen molar-refractivity contribution in [3.63, 3.8) is 0 Å². The molecular weight excluding hydrogens is 304 g/mol. The van der Waals surface area contributed by atoms with Gasteiger partial charge in [-0.15, -0.1) is 22.9 Å². The standard InChI is InChI=1S/C13H12BrClS/c1-9-2-4-10(5-3-9)8-12(15)13-11(14)6-7-16-13/h2-7,12H,8H2,1H3. The highest BCUT2D eigenvalue weighted by atomic mass is 79.9. The van der Waals surface area contributed by atoms with E-state index in [2.05, 4.69) is 52.5 Å². The third-order valence-electron chi connectivity index (χ3n) is 2.46. The van der Waals surface area contributed by atoms with Crippen molar-refractivity contribution in [2.75, 3.05) is 0 Å². The number of rotatable bonds is 3. The first-order valence-corrected chi connectivity index (χ1v) is 7.20. The van der Waals surface area contributed by atoms with Crippen LogP contribution in [0.4, 0.5) is 0 Å². The second kappa shape index (κ2) is 5.35. The van der Waals surface area contributed by atoms with E-state index in [1.54, 1.807) is 11.3 Å². The maximum atomic E-state index is 6.41. The van der Waals surface area contributed by atoms with Crippen LogP contribution in [0.15, 0.2) is 40.2 Å². The average Bonchev–Trinajstić information content (AvgIpc) is 2.68. The predicted octanol–water partition coefficient (Wildman–Crippen LogP) is 5.34. The third-order valence-corrected chi connectivity index (χ3v) is 4.95. The highest BCUT2D eigenvalue weighted by Crippen LogP contribution is 2.35. The van der Waals surface area contributed by atoms with Gasteiger partial charge in [-0.25, -0.2) is 0 Å². The summed E-state index contributed by atoms with van der Waals surface area (Å²) in [4.78, 5) is 1.21. The van der Waals surface area contributed by atoms with Crippen LogP contribution in [0.25, 0.3) is 0 Å². The van der Waals surface area contributed by atoms with Crippen LogP contribution in [-0.4, -0.2) is 0 Å². The molecule has 0 bridgehead atoms. The Morgan fingerprint density at radius 2 is 1.94 bits per heavy atom. The molecule has 0 nitrogen and oxygen atoms in total. The Bertz CT molecular complexity index is 461. The highest BCUT2D eigenvalue weighted by Gasteiger charge is 2.13. The fourth-order valence-electron chi connectivity index (χ4n) is 1.55. The van der Waals surface area contributed by atoms with E-state index in [-0.39, 0.29) is 5.38 Å². The summed E-state index contributed by atoms with van der Waals surface area (Å²) < 4.78 is 1.12. The Balaban J connectivity index is 2.10.